The lowest BCUT2D eigenvalue weighted by molar-refractivity contribution is 0.0998. The molecule has 3 nitrogen and oxygen atoms in total. The molecular weight excluding hydrogens is 339 g/mol. The van der Waals surface area contributed by atoms with Crippen molar-refractivity contribution in [1.82, 2.24) is 4.57 Å². The largest absolute Gasteiger partial charge is 0.319 e. The van der Waals surface area contributed by atoms with Crippen LogP contribution in [-0.2, 0) is 7.05 Å². The molecule has 1 heterocycles. The van der Waals surface area contributed by atoms with Crippen LogP contribution >= 0.6 is 34.5 Å². The average Bonchev–Trinajstić information content (AvgIpc) is 2.82. The third-order valence-electron chi connectivity index (χ3n) is 3.40. The summed E-state index contributed by atoms with van der Waals surface area (Å²) in [5, 5.41) is 1.06. The lowest BCUT2D eigenvalue weighted by Crippen LogP contribution is -2.13. The van der Waals surface area contributed by atoms with Gasteiger partial charge in [-0.3, -0.25) is 4.79 Å². The number of hydrogen-bond donors (Lipinski definition) is 0. The number of halogens is 2. The van der Waals surface area contributed by atoms with Gasteiger partial charge in [0, 0.05) is 7.05 Å². The minimum atomic E-state index is -0.360. The molecule has 2 aromatic carbocycles. The first-order valence-electron chi connectivity index (χ1n) is 6.57. The van der Waals surface area contributed by atoms with Crippen LogP contribution in [0, 0.1) is 6.92 Å². The van der Waals surface area contributed by atoms with E-state index in [-0.39, 0.29) is 5.91 Å². The number of thiazole rings is 1. The smallest absolute Gasteiger partial charge is 0.281 e. The number of carbonyl (C=O) groups is 1. The third-order valence-corrected chi connectivity index (χ3v) is 5.32. The molecule has 1 amide bonds. The summed E-state index contributed by atoms with van der Waals surface area (Å²) < 4.78 is 2.81. The van der Waals surface area contributed by atoms with Gasteiger partial charge in [-0.1, -0.05) is 52.7 Å². The van der Waals surface area contributed by atoms with Crippen LogP contribution in [0.5, 0.6) is 0 Å². The number of aryl methyl sites for hydroxylation is 2. The van der Waals surface area contributed by atoms with Crippen LogP contribution in [0.4, 0.5) is 0 Å². The van der Waals surface area contributed by atoms with Crippen LogP contribution < -0.4 is 4.80 Å². The van der Waals surface area contributed by atoms with E-state index in [1.807, 2.05) is 30.7 Å². The van der Waals surface area contributed by atoms with Gasteiger partial charge in [0.25, 0.3) is 5.91 Å². The summed E-state index contributed by atoms with van der Waals surface area (Å²) >= 11 is 13.7. The fourth-order valence-corrected chi connectivity index (χ4v) is 3.88. The van der Waals surface area contributed by atoms with Gasteiger partial charge in [-0.2, -0.15) is 4.99 Å². The van der Waals surface area contributed by atoms with Crippen LogP contribution in [0.3, 0.4) is 0 Å². The van der Waals surface area contributed by atoms with Crippen LogP contribution in [0.25, 0.3) is 10.2 Å². The molecule has 0 atom stereocenters. The van der Waals surface area contributed by atoms with Crippen LogP contribution in [0.1, 0.15) is 15.9 Å². The molecule has 0 unspecified atom stereocenters. The number of benzene rings is 2. The lowest BCUT2D eigenvalue weighted by atomic mass is 10.2. The van der Waals surface area contributed by atoms with Crippen LogP contribution in [-0.4, -0.2) is 10.5 Å². The van der Waals surface area contributed by atoms with Crippen LogP contribution in [0.2, 0.25) is 10.0 Å². The predicted octanol–water partition coefficient (Wildman–Crippen LogP) is 4.60. The molecule has 0 spiro atoms. The van der Waals surface area contributed by atoms with Gasteiger partial charge in [0.2, 0.25) is 0 Å². The van der Waals surface area contributed by atoms with E-state index in [2.05, 4.69) is 4.99 Å². The van der Waals surface area contributed by atoms with Crippen molar-refractivity contribution in [2.45, 2.75) is 6.92 Å². The van der Waals surface area contributed by atoms with Crippen molar-refractivity contribution in [3.05, 3.63) is 62.4 Å². The highest BCUT2D eigenvalue weighted by Gasteiger charge is 2.12. The van der Waals surface area contributed by atoms with E-state index in [9.17, 15) is 4.79 Å². The summed E-state index contributed by atoms with van der Waals surface area (Å²) in [4.78, 5) is 17.1. The van der Waals surface area contributed by atoms with E-state index >= 15 is 0 Å². The molecule has 0 radical (unpaired) electrons. The molecule has 0 saturated carbocycles. The second kappa shape index (κ2) is 5.88. The Balaban J connectivity index is 2.21. The van der Waals surface area contributed by atoms with E-state index in [1.165, 1.54) is 11.3 Å². The quantitative estimate of drug-likeness (QED) is 0.631. The van der Waals surface area contributed by atoms with Crippen molar-refractivity contribution in [3.8, 4) is 0 Å². The van der Waals surface area contributed by atoms with E-state index < -0.39 is 0 Å². The first kappa shape index (κ1) is 15.3. The molecule has 0 saturated heterocycles. The summed E-state index contributed by atoms with van der Waals surface area (Å²) in [5.74, 6) is -0.360. The summed E-state index contributed by atoms with van der Waals surface area (Å²) in [7, 11) is 1.88. The van der Waals surface area contributed by atoms with Gasteiger partial charge in [-0.25, -0.2) is 0 Å². The first-order chi connectivity index (χ1) is 10.5. The molecule has 6 heteroatoms. The van der Waals surface area contributed by atoms with E-state index in [0.29, 0.717) is 20.4 Å². The zero-order chi connectivity index (χ0) is 15.9. The van der Waals surface area contributed by atoms with Crippen molar-refractivity contribution in [2.75, 3.05) is 0 Å². The predicted molar refractivity (Wildman–Crippen MR) is 91.9 cm³/mol. The molecule has 0 aliphatic rings. The molecule has 0 fully saturated rings. The van der Waals surface area contributed by atoms with Gasteiger partial charge in [0.15, 0.2) is 4.80 Å². The van der Waals surface area contributed by atoms with Crippen molar-refractivity contribution in [2.24, 2.45) is 12.0 Å². The molecule has 0 aliphatic carbocycles. The minimum absolute atomic E-state index is 0.360. The zero-order valence-electron chi connectivity index (χ0n) is 11.9. The highest BCUT2D eigenvalue weighted by atomic mass is 35.5. The number of fused-ring (bicyclic) bond motifs is 1. The first-order valence-corrected chi connectivity index (χ1v) is 8.14. The molecule has 0 aliphatic heterocycles. The SMILES string of the molecule is Cc1ccc(Cl)c2sc(=NC(=O)c3ccccc3Cl)n(C)c12. The Morgan fingerprint density at radius 3 is 2.55 bits per heavy atom. The standard InChI is InChI=1S/C16H12Cl2N2OS/c1-9-7-8-12(18)14-13(9)20(2)16(22-14)19-15(21)10-5-3-4-6-11(10)17/h3-8H,1-2H3. The Bertz CT molecular complexity index is 956. The molecule has 1 aromatic heterocycles. The van der Waals surface area contributed by atoms with Gasteiger partial charge in [0.05, 0.1) is 25.8 Å². The van der Waals surface area contributed by atoms with Gasteiger partial charge in [-0.05, 0) is 30.7 Å². The Morgan fingerprint density at radius 1 is 1.14 bits per heavy atom. The normalized spacial score (nSPS) is 12.1. The molecular formula is C16H12Cl2N2OS. The molecule has 0 bridgehead atoms. The maximum atomic E-state index is 12.3. The van der Waals surface area contributed by atoms with E-state index in [4.69, 9.17) is 23.2 Å². The summed E-state index contributed by atoms with van der Waals surface area (Å²) in [5.41, 5.74) is 2.47. The summed E-state index contributed by atoms with van der Waals surface area (Å²) in [6.07, 6.45) is 0. The highest BCUT2D eigenvalue weighted by Crippen LogP contribution is 2.28. The van der Waals surface area contributed by atoms with Crippen molar-refractivity contribution in [3.63, 3.8) is 0 Å². The Hall–Kier alpha value is -1.62. The lowest BCUT2D eigenvalue weighted by Gasteiger charge is -2.01. The maximum absolute atomic E-state index is 12.3. The Kier molecular flexibility index (Phi) is 4.08. The van der Waals surface area contributed by atoms with Gasteiger partial charge >= 0.3 is 0 Å². The van der Waals surface area contributed by atoms with Crippen molar-refractivity contribution < 1.29 is 4.79 Å². The summed E-state index contributed by atoms with van der Waals surface area (Å²) in [6.45, 7) is 2.01. The molecule has 22 heavy (non-hydrogen) atoms. The molecule has 3 rings (SSSR count). The van der Waals surface area contributed by atoms with Gasteiger partial charge in [0.1, 0.15) is 0 Å². The third kappa shape index (κ3) is 2.58. The van der Waals surface area contributed by atoms with E-state index in [1.54, 1.807) is 24.3 Å². The maximum Gasteiger partial charge on any atom is 0.281 e. The van der Waals surface area contributed by atoms with Gasteiger partial charge in [-0.15, -0.1) is 0 Å². The number of nitrogens with zero attached hydrogens (tertiary/aromatic N) is 2. The second-order valence-corrected chi connectivity index (χ2v) is 6.67. The number of aromatic nitrogens is 1. The van der Waals surface area contributed by atoms with E-state index in [0.717, 1.165) is 15.8 Å². The highest BCUT2D eigenvalue weighted by molar-refractivity contribution is 7.17. The monoisotopic (exact) mass is 350 g/mol. The minimum Gasteiger partial charge on any atom is -0.319 e. The molecule has 3 aromatic rings. The Morgan fingerprint density at radius 2 is 1.86 bits per heavy atom. The number of amides is 1. The summed E-state index contributed by atoms with van der Waals surface area (Å²) in [6, 6.07) is 10.7. The van der Waals surface area contributed by atoms with Crippen LogP contribution in [0.15, 0.2) is 41.4 Å². The van der Waals surface area contributed by atoms with Crippen molar-refractivity contribution >= 4 is 50.7 Å². The topological polar surface area (TPSA) is 34.4 Å². The zero-order valence-corrected chi connectivity index (χ0v) is 14.3. The Labute approximate surface area is 141 Å². The molecule has 0 N–H and O–H groups in total. The fraction of sp³-hybridized carbons (Fsp3) is 0.125. The number of hydrogen-bond acceptors (Lipinski definition) is 2. The molecule has 112 valence electrons. The fourth-order valence-electron chi connectivity index (χ4n) is 2.29. The van der Waals surface area contributed by atoms with Gasteiger partial charge < -0.3 is 4.57 Å². The van der Waals surface area contributed by atoms with Crippen molar-refractivity contribution in [1.29, 1.82) is 0 Å². The average molecular weight is 351 g/mol. The number of rotatable bonds is 1. The number of carbonyl (C=O) groups excluding carboxylic acids is 1. The second-order valence-electron chi connectivity index (χ2n) is 4.88.